The minimum atomic E-state index is -0.101. The Morgan fingerprint density at radius 2 is 2.12 bits per heavy atom. The highest BCUT2D eigenvalue weighted by atomic mass is 32.1. The van der Waals surface area contributed by atoms with Crippen LogP contribution in [0.3, 0.4) is 0 Å². The van der Waals surface area contributed by atoms with Crippen molar-refractivity contribution in [2.45, 2.75) is 19.0 Å². The quantitative estimate of drug-likeness (QED) is 0.259. The van der Waals surface area contributed by atoms with Gasteiger partial charge in [0.2, 0.25) is 17.7 Å². The van der Waals surface area contributed by atoms with Crippen molar-refractivity contribution in [1.82, 2.24) is 20.2 Å². The Kier molecular flexibility index (Phi) is 7.07. The van der Waals surface area contributed by atoms with E-state index in [4.69, 9.17) is 20.4 Å². The molecule has 2 aliphatic rings. The van der Waals surface area contributed by atoms with Crippen molar-refractivity contribution >= 4 is 45.0 Å². The Bertz CT molecular complexity index is 1750. The first-order valence-electron chi connectivity index (χ1n) is 13.2. The highest BCUT2D eigenvalue weighted by Crippen LogP contribution is 2.44. The number of allylic oxidation sites excluding steroid dienone is 1. The molecule has 1 aromatic carbocycles. The zero-order chi connectivity index (χ0) is 28.5. The van der Waals surface area contributed by atoms with Crippen molar-refractivity contribution in [1.29, 1.82) is 0 Å². The maximum Gasteiger partial charge on any atom is 0.246 e. The second kappa shape index (κ2) is 11.0. The molecule has 41 heavy (non-hydrogen) atoms. The van der Waals surface area contributed by atoms with Gasteiger partial charge in [-0.05, 0) is 46.8 Å². The van der Waals surface area contributed by atoms with E-state index >= 15 is 0 Å². The molecule has 206 valence electrons. The number of pyridine rings is 2. The fourth-order valence-electron chi connectivity index (χ4n) is 5.21. The number of nitrogens with zero attached hydrogens (tertiary/aromatic N) is 4. The SMILES string of the molecule is C=CC(=O)N1CC(N=CC(=CN)c2nc(-c3ccc4c(c3)CNC(=O)C4)c3ccsc3c2-c2cccnc2OC)C1. The molecule has 0 spiro atoms. The van der Waals surface area contributed by atoms with E-state index in [1.165, 1.54) is 12.3 Å². The fraction of sp³-hybridized carbons (Fsp3) is 0.194. The number of amides is 2. The molecule has 1 fully saturated rings. The smallest absolute Gasteiger partial charge is 0.246 e. The van der Waals surface area contributed by atoms with Gasteiger partial charge in [0.05, 0.1) is 31.0 Å². The van der Waals surface area contributed by atoms with Gasteiger partial charge < -0.3 is 20.7 Å². The molecule has 4 aromatic rings. The third-order valence-corrected chi connectivity index (χ3v) is 8.31. The molecule has 3 aromatic heterocycles. The second-order valence-corrected chi connectivity index (χ2v) is 10.8. The van der Waals surface area contributed by atoms with Crippen molar-refractivity contribution in [3.05, 3.63) is 83.7 Å². The number of rotatable bonds is 7. The number of carbonyl (C=O) groups excluding carboxylic acids is 2. The van der Waals surface area contributed by atoms with Crippen LogP contribution in [0, 0.1) is 0 Å². The molecule has 1 saturated heterocycles. The van der Waals surface area contributed by atoms with Crippen LogP contribution in [-0.2, 0) is 22.6 Å². The predicted molar refractivity (Wildman–Crippen MR) is 162 cm³/mol. The van der Waals surface area contributed by atoms with E-state index in [0.717, 1.165) is 43.6 Å². The number of carbonyl (C=O) groups is 2. The molecule has 0 radical (unpaired) electrons. The molecule has 0 saturated carbocycles. The minimum absolute atomic E-state index is 0.0288. The van der Waals surface area contributed by atoms with Crippen molar-refractivity contribution < 1.29 is 14.3 Å². The van der Waals surface area contributed by atoms with Crippen LogP contribution in [0.5, 0.6) is 5.88 Å². The molecule has 3 N–H and O–H groups in total. The highest BCUT2D eigenvalue weighted by molar-refractivity contribution is 7.18. The number of thiophene rings is 1. The van der Waals surface area contributed by atoms with Crippen LogP contribution in [0.4, 0.5) is 0 Å². The van der Waals surface area contributed by atoms with Gasteiger partial charge in [-0.1, -0.05) is 18.7 Å². The number of methoxy groups -OCH3 is 1. The van der Waals surface area contributed by atoms with Gasteiger partial charge in [0.1, 0.15) is 0 Å². The number of fused-ring (bicyclic) bond motifs is 2. The van der Waals surface area contributed by atoms with E-state index in [0.29, 0.717) is 43.2 Å². The Labute approximate surface area is 241 Å². The molecule has 0 bridgehead atoms. The molecular weight excluding hydrogens is 536 g/mol. The summed E-state index contributed by atoms with van der Waals surface area (Å²) in [6.45, 7) is 5.09. The molecule has 10 heteroatoms. The summed E-state index contributed by atoms with van der Waals surface area (Å²) < 4.78 is 6.67. The van der Waals surface area contributed by atoms with E-state index < -0.39 is 0 Å². The summed E-state index contributed by atoms with van der Waals surface area (Å²) in [5, 5.41) is 5.97. The molecule has 2 aliphatic heterocycles. The van der Waals surface area contributed by atoms with Crippen LogP contribution >= 0.6 is 11.3 Å². The largest absolute Gasteiger partial charge is 0.481 e. The number of hydrogen-bond donors (Lipinski definition) is 2. The molecular formula is C31H28N6O3S. The van der Waals surface area contributed by atoms with E-state index in [9.17, 15) is 9.59 Å². The number of aromatic nitrogens is 2. The molecule has 5 heterocycles. The van der Waals surface area contributed by atoms with Crippen molar-refractivity contribution in [2.75, 3.05) is 20.2 Å². The van der Waals surface area contributed by atoms with Gasteiger partial charge >= 0.3 is 0 Å². The van der Waals surface area contributed by atoms with Gasteiger partial charge in [-0.2, -0.15) is 0 Å². The Hall–Kier alpha value is -4.83. The van der Waals surface area contributed by atoms with Crippen LogP contribution < -0.4 is 15.8 Å². The first kappa shape index (κ1) is 26.4. The number of nitrogens with two attached hydrogens (primary N) is 1. The van der Waals surface area contributed by atoms with Crippen LogP contribution in [-0.4, -0.2) is 59.1 Å². The molecule has 0 aliphatic carbocycles. The maximum absolute atomic E-state index is 11.9. The van der Waals surface area contributed by atoms with Gasteiger partial charge in [0.25, 0.3) is 0 Å². The molecule has 0 atom stereocenters. The number of hydrogen-bond acceptors (Lipinski definition) is 8. The van der Waals surface area contributed by atoms with E-state index in [2.05, 4.69) is 29.0 Å². The van der Waals surface area contributed by atoms with E-state index in [1.807, 2.05) is 29.6 Å². The van der Waals surface area contributed by atoms with Crippen LogP contribution in [0.1, 0.15) is 16.8 Å². The van der Waals surface area contributed by atoms with E-state index in [-0.39, 0.29) is 17.9 Å². The number of likely N-dealkylation sites (tertiary alicyclic amines) is 1. The zero-order valence-corrected chi connectivity index (χ0v) is 23.3. The number of nitrogens with one attached hydrogen (secondary N) is 1. The Morgan fingerprint density at radius 1 is 1.27 bits per heavy atom. The van der Waals surface area contributed by atoms with Crippen LogP contribution in [0.2, 0.25) is 0 Å². The Morgan fingerprint density at radius 3 is 2.90 bits per heavy atom. The lowest BCUT2D eigenvalue weighted by Gasteiger charge is -2.36. The van der Waals surface area contributed by atoms with Gasteiger partial charge in [0, 0.05) is 70.6 Å². The summed E-state index contributed by atoms with van der Waals surface area (Å²) >= 11 is 1.61. The third-order valence-electron chi connectivity index (χ3n) is 7.37. The average Bonchev–Trinajstić information content (AvgIpc) is 3.47. The summed E-state index contributed by atoms with van der Waals surface area (Å²) in [6, 6.07) is 12.0. The standard InChI is InChI=1S/C31H28N6O3S/c1-3-26(39)37-16-22(17-37)34-15-21(13-32)29-27(23-5-4-9-33-31(23)40-2)30-24(8-10-41-30)28(36-29)19-7-6-18-12-25(38)35-14-20(18)11-19/h3-11,13,15,22H,1,12,14,16-17,32H2,2H3,(H,35,38). The topological polar surface area (TPSA) is 123 Å². The molecule has 0 unspecified atom stereocenters. The molecule has 9 nitrogen and oxygen atoms in total. The summed E-state index contributed by atoms with van der Waals surface area (Å²) in [7, 11) is 1.60. The molecule has 6 rings (SSSR count). The normalized spacial score (nSPS) is 15.5. The first-order valence-corrected chi connectivity index (χ1v) is 14.0. The first-order chi connectivity index (χ1) is 20.0. The maximum atomic E-state index is 11.9. The lowest BCUT2D eigenvalue weighted by molar-refractivity contribution is -0.130. The van der Waals surface area contributed by atoms with Gasteiger partial charge in [-0.15, -0.1) is 11.3 Å². The lowest BCUT2D eigenvalue weighted by atomic mass is 9.94. The summed E-state index contributed by atoms with van der Waals surface area (Å²) in [5.41, 5.74) is 13.0. The third kappa shape index (κ3) is 4.87. The highest BCUT2D eigenvalue weighted by Gasteiger charge is 2.29. The average molecular weight is 565 g/mol. The number of ether oxygens (including phenoxy) is 1. The van der Waals surface area contributed by atoms with Crippen molar-refractivity contribution in [3.63, 3.8) is 0 Å². The zero-order valence-electron chi connectivity index (χ0n) is 22.5. The number of benzene rings is 1. The molecule has 2 amide bonds. The van der Waals surface area contributed by atoms with Crippen molar-refractivity contribution in [3.8, 4) is 28.3 Å². The Balaban J connectivity index is 1.50. The van der Waals surface area contributed by atoms with Crippen molar-refractivity contribution in [2.24, 2.45) is 10.7 Å². The second-order valence-electron chi connectivity index (χ2n) is 9.85. The predicted octanol–water partition coefficient (Wildman–Crippen LogP) is 3.97. The van der Waals surface area contributed by atoms with E-state index in [1.54, 1.807) is 35.8 Å². The summed E-state index contributed by atoms with van der Waals surface area (Å²) in [6.07, 6.45) is 6.62. The van der Waals surface area contributed by atoms with Crippen LogP contribution in [0.15, 0.2) is 71.8 Å². The van der Waals surface area contributed by atoms with Gasteiger partial charge in [0.15, 0.2) is 0 Å². The van der Waals surface area contributed by atoms with Gasteiger partial charge in [-0.25, -0.2) is 9.97 Å². The summed E-state index contributed by atoms with van der Waals surface area (Å²) in [5.74, 6) is 0.408. The number of aliphatic imine (C=N–C) groups is 1. The minimum Gasteiger partial charge on any atom is -0.481 e. The monoisotopic (exact) mass is 564 g/mol. The van der Waals surface area contributed by atoms with Gasteiger partial charge in [-0.3, -0.25) is 14.6 Å². The fourth-order valence-corrected chi connectivity index (χ4v) is 6.17. The lowest BCUT2D eigenvalue weighted by Crippen LogP contribution is -2.52. The van der Waals surface area contributed by atoms with Crippen LogP contribution in [0.25, 0.3) is 38.0 Å². The summed E-state index contributed by atoms with van der Waals surface area (Å²) in [4.78, 5) is 39.9.